The van der Waals surface area contributed by atoms with Gasteiger partial charge in [-0.05, 0) is 31.5 Å². The molecule has 2 aromatic rings. The summed E-state index contributed by atoms with van der Waals surface area (Å²) in [5.74, 6) is -0.149. The van der Waals surface area contributed by atoms with Gasteiger partial charge in [0.1, 0.15) is 0 Å². The highest BCUT2D eigenvalue weighted by Gasteiger charge is 2.18. The van der Waals surface area contributed by atoms with E-state index in [0.717, 1.165) is 4.88 Å². The molecule has 0 amide bonds. The molecule has 0 radical (unpaired) electrons. The Balaban J connectivity index is 2.42. The maximum Gasteiger partial charge on any atom is 0.170 e. The third-order valence-electron chi connectivity index (χ3n) is 3.04. The van der Waals surface area contributed by atoms with Crippen LogP contribution in [0.1, 0.15) is 26.9 Å². The molecule has 0 saturated heterocycles. The average molecular weight is 265 g/mol. The predicted molar refractivity (Wildman–Crippen MR) is 72.8 cm³/mol. The summed E-state index contributed by atoms with van der Waals surface area (Å²) in [6, 6.07) is 6.62. The Labute approximate surface area is 110 Å². The van der Waals surface area contributed by atoms with Crippen LogP contribution in [0.5, 0.6) is 5.75 Å². The number of halogens is 1. The highest BCUT2D eigenvalue weighted by molar-refractivity contribution is 7.12. The van der Waals surface area contributed by atoms with Crippen LogP contribution in [0.15, 0.2) is 24.3 Å². The lowest BCUT2D eigenvalue weighted by Crippen LogP contribution is -2.12. The molecular weight excluding hydrogens is 249 g/mol. The van der Waals surface area contributed by atoms with Crippen molar-refractivity contribution in [3.63, 3.8) is 0 Å². The standard InChI is InChI=1S/C14H16FNOS/c1-8-7-12(18-9(8)2)14(16)10-5-4-6-11(17-3)13(10)15/h4-7,14H,16H2,1-3H3. The lowest BCUT2D eigenvalue weighted by molar-refractivity contribution is 0.383. The van der Waals surface area contributed by atoms with Crippen LogP contribution in [0.25, 0.3) is 0 Å². The topological polar surface area (TPSA) is 35.2 Å². The van der Waals surface area contributed by atoms with Gasteiger partial charge in [0.05, 0.1) is 13.2 Å². The Morgan fingerprint density at radius 1 is 1.33 bits per heavy atom. The molecule has 4 heteroatoms. The van der Waals surface area contributed by atoms with Crippen LogP contribution in [0.3, 0.4) is 0 Å². The number of nitrogens with two attached hydrogens (primary N) is 1. The lowest BCUT2D eigenvalue weighted by Gasteiger charge is -2.13. The molecule has 18 heavy (non-hydrogen) atoms. The maximum atomic E-state index is 14.1. The van der Waals surface area contributed by atoms with Gasteiger partial charge < -0.3 is 10.5 Å². The summed E-state index contributed by atoms with van der Waals surface area (Å²) in [5, 5.41) is 0. The van der Waals surface area contributed by atoms with Gasteiger partial charge in [-0.2, -0.15) is 0 Å². The Bertz CT molecular complexity index is 545. The van der Waals surface area contributed by atoms with Crippen molar-refractivity contribution in [3.8, 4) is 5.75 Å². The van der Waals surface area contributed by atoms with Crippen molar-refractivity contribution in [3.05, 3.63) is 51.0 Å². The van der Waals surface area contributed by atoms with Gasteiger partial charge in [0, 0.05) is 15.3 Å². The minimum absolute atomic E-state index is 0.230. The quantitative estimate of drug-likeness (QED) is 0.921. The normalized spacial score (nSPS) is 12.5. The van der Waals surface area contributed by atoms with E-state index in [-0.39, 0.29) is 11.6 Å². The first-order valence-electron chi connectivity index (χ1n) is 5.69. The number of thiophene rings is 1. The van der Waals surface area contributed by atoms with E-state index in [2.05, 4.69) is 0 Å². The number of rotatable bonds is 3. The van der Waals surface area contributed by atoms with Gasteiger partial charge in [0.25, 0.3) is 0 Å². The van der Waals surface area contributed by atoms with Crippen LogP contribution in [-0.4, -0.2) is 7.11 Å². The zero-order valence-corrected chi connectivity index (χ0v) is 11.5. The van der Waals surface area contributed by atoms with E-state index in [9.17, 15) is 4.39 Å². The van der Waals surface area contributed by atoms with Crippen molar-refractivity contribution in [1.82, 2.24) is 0 Å². The molecule has 1 heterocycles. The molecule has 0 fully saturated rings. The Hall–Kier alpha value is -1.39. The van der Waals surface area contributed by atoms with Gasteiger partial charge in [-0.25, -0.2) is 4.39 Å². The fourth-order valence-electron chi connectivity index (χ4n) is 1.83. The third-order valence-corrected chi connectivity index (χ3v) is 4.28. The molecule has 0 aliphatic heterocycles. The highest BCUT2D eigenvalue weighted by atomic mass is 32.1. The molecule has 1 atom stereocenters. The summed E-state index contributed by atoms with van der Waals surface area (Å²) in [7, 11) is 1.45. The number of hydrogen-bond acceptors (Lipinski definition) is 3. The van der Waals surface area contributed by atoms with Gasteiger partial charge in [-0.3, -0.25) is 0 Å². The zero-order chi connectivity index (χ0) is 13.3. The first kappa shape index (κ1) is 13.1. The minimum Gasteiger partial charge on any atom is -0.494 e. The molecule has 2 N–H and O–H groups in total. The van der Waals surface area contributed by atoms with E-state index in [4.69, 9.17) is 10.5 Å². The number of hydrogen-bond donors (Lipinski definition) is 1. The van der Waals surface area contributed by atoms with E-state index in [1.54, 1.807) is 29.5 Å². The fraction of sp³-hybridized carbons (Fsp3) is 0.286. The molecule has 1 aromatic carbocycles. The Morgan fingerprint density at radius 3 is 2.61 bits per heavy atom. The van der Waals surface area contributed by atoms with Gasteiger partial charge in [-0.1, -0.05) is 12.1 Å². The van der Waals surface area contributed by atoms with Gasteiger partial charge >= 0.3 is 0 Å². The minimum atomic E-state index is -0.447. The van der Waals surface area contributed by atoms with Crippen molar-refractivity contribution in [2.45, 2.75) is 19.9 Å². The third kappa shape index (κ3) is 2.26. The van der Waals surface area contributed by atoms with Crippen molar-refractivity contribution < 1.29 is 9.13 Å². The molecule has 0 spiro atoms. The summed E-state index contributed by atoms with van der Waals surface area (Å²) >= 11 is 1.61. The van der Waals surface area contributed by atoms with Crippen molar-refractivity contribution >= 4 is 11.3 Å². The van der Waals surface area contributed by atoms with Crippen molar-refractivity contribution in [1.29, 1.82) is 0 Å². The molecule has 0 aliphatic rings. The molecule has 0 bridgehead atoms. The number of benzene rings is 1. The van der Waals surface area contributed by atoms with Crippen LogP contribution in [-0.2, 0) is 0 Å². The SMILES string of the molecule is COc1cccc(C(N)c2cc(C)c(C)s2)c1F. The zero-order valence-electron chi connectivity index (χ0n) is 10.7. The fourth-order valence-corrected chi connectivity index (χ4v) is 2.90. The second kappa shape index (κ2) is 5.08. The summed E-state index contributed by atoms with van der Waals surface area (Å²) in [6.07, 6.45) is 0. The van der Waals surface area contributed by atoms with Crippen LogP contribution >= 0.6 is 11.3 Å². The summed E-state index contributed by atoms with van der Waals surface area (Å²) < 4.78 is 19.1. The van der Waals surface area contributed by atoms with E-state index in [1.165, 1.54) is 17.6 Å². The van der Waals surface area contributed by atoms with Crippen molar-refractivity contribution in [2.24, 2.45) is 5.73 Å². The molecule has 0 saturated carbocycles. The van der Waals surface area contributed by atoms with E-state index in [0.29, 0.717) is 5.56 Å². The summed E-state index contributed by atoms with van der Waals surface area (Å²) in [5.41, 5.74) is 7.79. The highest BCUT2D eigenvalue weighted by Crippen LogP contribution is 2.32. The van der Waals surface area contributed by atoms with Gasteiger partial charge in [0.2, 0.25) is 0 Å². The van der Waals surface area contributed by atoms with Crippen LogP contribution in [0.2, 0.25) is 0 Å². The molecule has 2 rings (SSSR count). The van der Waals surface area contributed by atoms with E-state index < -0.39 is 6.04 Å². The molecule has 96 valence electrons. The van der Waals surface area contributed by atoms with Gasteiger partial charge in [0.15, 0.2) is 11.6 Å². The summed E-state index contributed by atoms with van der Waals surface area (Å²) in [6.45, 7) is 4.07. The largest absolute Gasteiger partial charge is 0.494 e. The average Bonchev–Trinajstić information content (AvgIpc) is 2.69. The smallest absolute Gasteiger partial charge is 0.170 e. The maximum absolute atomic E-state index is 14.1. The predicted octanol–water partition coefficient (Wildman–Crippen LogP) is 3.56. The number of aryl methyl sites for hydroxylation is 2. The Kier molecular flexibility index (Phi) is 3.68. The van der Waals surface area contributed by atoms with Crippen LogP contribution < -0.4 is 10.5 Å². The second-order valence-electron chi connectivity index (χ2n) is 4.23. The Morgan fingerprint density at radius 2 is 2.06 bits per heavy atom. The first-order chi connectivity index (χ1) is 8.54. The molecule has 1 aromatic heterocycles. The van der Waals surface area contributed by atoms with Crippen molar-refractivity contribution in [2.75, 3.05) is 7.11 Å². The van der Waals surface area contributed by atoms with Crippen LogP contribution in [0.4, 0.5) is 4.39 Å². The molecule has 2 nitrogen and oxygen atoms in total. The second-order valence-corrected chi connectivity index (χ2v) is 5.52. The van der Waals surface area contributed by atoms with Gasteiger partial charge in [-0.15, -0.1) is 11.3 Å². The lowest BCUT2D eigenvalue weighted by atomic mass is 10.0. The van der Waals surface area contributed by atoms with E-state index >= 15 is 0 Å². The number of ether oxygens (including phenoxy) is 1. The van der Waals surface area contributed by atoms with E-state index in [1.807, 2.05) is 19.9 Å². The molecule has 1 unspecified atom stereocenters. The molecule has 0 aliphatic carbocycles. The van der Waals surface area contributed by atoms with Crippen LogP contribution in [0, 0.1) is 19.7 Å². The summed E-state index contributed by atoms with van der Waals surface area (Å²) in [4.78, 5) is 2.18. The monoisotopic (exact) mass is 265 g/mol. The number of methoxy groups -OCH3 is 1. The first-order valence-corrected chi connectivity index (χ1v) is 6.51. The molecular formula is C14H16FNOS.